The quantitative estimate of drug-likeness (QED) is 0.255. The van der Waals surface area contributed by atoms with E-state index in [-0.39, 0.29) is 24.0 Å². The lowest BCUT2D eigenvalue weighted by atomic mass is 10.3. The Balaban J connectivity index is 0.00000361. The number of halogens is 1. The first-order valence-corrected chi connectivity index (χ1v) is 5.95. The largest absolute Gasteiger partial charge is 0.497 e. The third-order valence-corrected chi connectivity index (χ3v) is 2.30. The molecule has 0 aromatic heterocycles. The van der Waals surface area contributed by atoms with E-state index in [1.165, 1.54) is 0 Å². The molecule has 0 bridgehead atoms. The number of benzene rings is 1. The Kier molecular flexibility index (Phi) is 10.3. The van der Waals surface area contributed by atoms with Crippen LogP contribution in [0.5, 0.6) is 11.5 Å². The van der Waals surface area contributed by atoms with E-state index in [2.05, 4.69) is 21.5 Å². The van der Waals surface area contributed by atoms with E-state index in [4.69, 9.17) is 15.9 Å². The lowest BCUT2D eigenvalue weighted by Gasteiger charge is -2.11. The predicted molar refractivity (Wildman–Crippen MR) is 92.1 cm³/mol. The third kappa shape index (κ3) is 7.09. The molecule has 0 amide bonds. The molecule has 0 saturated carbocycles. The monoisotopic (exact) mass is 389 g/mol. The number of rotatable bonds is 6. The first-order chi connectivity index (χ1) is 9.30. The first kappa shape index (κ1) is 18.4. The van der Waals surface area contributed by atoms with Crippen LogP contribution in [0.1, 0.15) is 0 Å². The van der Waals surface area contributed by atoms with Crippen LogP contribution in [-0.4, -0.2) is 39.8 Å². The molecule has 0 atom stereocenters. The van der Waals surface area contributed by atoms with Gasteiger partial charge in [-0.05, 0) is 24.3 Å². The molecule has 0 aliphatic carbocycles. The van der Waals surface area contributed by atoms with E-state index in [9.17, 15) is 0 Å². The van der Waals surface area contributed by atoms with Crippen molar-refractivity contribution in [3.05, 3.63) is 24.3 Å². The van der Waals surface area contributed by atoms with Gasteiger partial charge in [-0.15, -0.1) is 30.4 Å². The molecule has 2 N–H and O–H groups in total. The zero-order valence-corrected chi connectivity index (χ0v) is 14.0. The molecule has 0 heterocycles. The topological polar surface area (TPSA) is 54.9 Å². The van der Waals surface area contributed by atoms with Gasteiger partial charge in [-0.25, -0.2) is 0 Å². The molecular formula is C14H20IN3O2. The fraction of sp³-hybridized carbons (Fsp3) is 0.357. The summed E-state index contributed by atoms with van der Waals surface area (Å²) in [7, 11) is 3.32. The highest BCUT2D eigenvalue weighted by molar-refractivity contribution is 14.0. The zero-order valence-electron chi connectivity index (χ0n) is 11.7. The minimum absolute atomic E-state index is 0. The smallest absolute Gasteiger partial charge is 0.191 e. The summed E-state index contributed by atoms with van der Waals surface area (Å²) in [6, 6.07) is 7.45. The van der Waals surface area contributed by atoms with E-state index in [0.29, 0.717) is 25.7 Å². The van der Waals surface area contributed by atoms with Gasteiger partial charge in [0.1, 0.15) is 18.1 Å². The Bertz CT molecular complexity index is 441. The second-order valence-corrected chi connectivity index (χ2v) is 3.58. The molecule has 1 aromatic rings. The van der Waals surface area contributed by atoms with Crippen LogP contribution in [0.2, 0.25) is 0 Å². The summed E-state index contributed by atoms with van der Waals surface area (Å²) in [5.41, 5.74) is 0. The summed E-state index contributed by atoms with van der Waals surface area (Å²) in [5, 5.41) is 6.05. The summed E-state index contributed by atoms with van der Waals surface area (Å²) in [6.45, 7) is 1.61. The number of nitrogens with zero attached hydrogens (tertiary/aromatic N) is 1. The van der Waals surface area contributed by atoms with Gasteiger partial charge in [0.05, 0.1) is 20.2 Å². The van der Waals surface area contributed by atoms with Crippen LogP contribution in [0.3, 0.4) is 0 Å². The van der Waals surface area contributed by atoms with E-state index < -0.39 is 0 Å². The van der Waals surface area contributed by atoms with E-state index in [1.54, 1.807) is 14.2 Å². The molecule has 0 aliphatic heterocycles. The molecule has 1 aromatic carbocycles. The highest BCUT2D eigenvalue weighted by atomic mass is 127. The van der Waals surface area contributed by atoms with Crippen molar-refractivity contribution in [3.8, 4) is 23.8 Å². The predicted octanol–water partition coefficient (Wildman–Crippen LogP) is 1.49. The van der Waals surface area contributed by atoms with Gasteiger partial charge in [0.2, 0.25) is 0 Å². The van der Waals surface area contributed by atoms with Crippen molar-refractivity contribution < 1.29 is 9.47 Å². The SMILES string of the molecule is C#CCNC(=NC)NCCOc1ccc(OC)cc1.I. The number of hydrogen-bond donors (Lipinski definition) is 2. The fourth-order valence-electron chi connectivity index (χ4n) is 1.37. The number of aliphatic imine (C=N–C) groups is 1. The number of methoxy groups -OCH3 is 1. The van der Waals surface area contributed by atoms with Crippen LogP contribution in [0.4, 0.5) is 0 Å². The summed E-state index contributed by atoms with van der Waals surface area (Å²) < 4.78 is 10.6. The minimum atomic E-state index is 0. The van der Waals surface area contributed by atoms with Crippen molar-refractivity contribution in [3.63, 3.8) is 0 Å². The highest BCUT2D eigenvalue weighted by Crippen LogP contribution is 2.16. The highest BCUT2D eigenvalue weighted by Gasteiger charge is 1.97. The van der Waals surface area contributed by atoms with Crippen LogP contribution >= 0.6 is 24.0 Å². The maximum absolute atomic E-state index is 5.56. The molecule has 5 nitrogen and oxygen atoms in total. The molecule has 0 unspecified atom stereocenters. The molecule has 1 rings (SSSR count). The van der Waals surface area contributed by atoms with Crippen molar-refractivity contribution in [2.24, 2.45) is 4.99 Å². The van der Waals surface area contributed by atoms with E-state index in [1.807, 2.05) is 24.3 Å². The van der Waals surface area contributed by atoms with Gasteiger partial charge in [0.15, 0.2) is 5.96 Å². The van der Waals surface area contributed by atoms with Crippen LogP contribution in [0, 0.1) is 12.3 Å². The van der Waals surface area contributed by atoms with E-state index in [0.717, 1.165) is 11.5 Å². The number of nitrogens with one attached hydrogen (secondary N) is 2. The Hall–Kier alpha value is -1.62. The van der Waals surface area contributed by atoms with Crippen molar-refractivity contribution in [1.82, 2.24) is 10.6 Å². The van der Waals surface area contributed by atoms with Crippen LogP contribution in [0.25, 0.3) is 0 Å². The summed E-state index contributed by atoms with van der Waals surface area (Å²) in [5.74, 6) is 4.76. The molecule has 0 fully saturated rings. The summed E-state index contributed by atoms with van der Waals surface area (Å²) in [4.78, 5) is 4.02. The van der Waals surface area contributed by atoms with Crippen LogP contribution in [-0.2, 0) is 0 Å². The second-order valence-electron chi connectivity index (χ2n) is 3.58. The molecule has 0 radical (unpaired) electrons. The van der Waals surface area contributed by atoms with Gasteiger partial charge in [0.25, 0.3) is 0 Å². The number of terminal acetylenes is 1. The minimum Gasteiger partial charge on any atom is -0.497 e. The van der Waals surface area contributed by atoms with Crippen LogP contribution in [0.15, 0.2) is 29.3 Å². The van der Waals surface area contributed by atoms with E-state index >= 15 is 0 Å². The molecule has 0 aliphatic rings. The maximum Gasteiger partial charge on any atom is 0.191 e. The molecular weight excluding hydrogens is 369 g/mol. The first-order valence-electron chi connectivity index (χ1n) is 5.95. The van der Waals surface area contributed by atoms with Gasteiger partial charge in [0, 0.05) is 7.05 Å². The second kappa shape index (κ2) is 11.2. The Morgan fingerprint density at radius 3 is 2.45 bits per heavy atom. The average Bonchev–Trinajstić information content (AvgIpc) is 2.47. The van der Waals surface area contributed by atoms with Crippen molar-refractivity contribution in [2.75, 3.05) is 33.9 Å². The molecule has 0 spiro atoms. The van der Waals surface area contributed by atoms with Gasteiger partial charge in [-0.2, -0.15) is 0 Å². The molecule has 6 heteroatoms. The van der Waals surface area contributed by atoms with Gasteiger partial charge < -0.3 is 20.1 Å². The Morgan fingerprint density at radius 1 is 1.25 bits per heavy atom. The average molecular weight is 389 g/mol. The van der Waals surface area contributed by atoms with Gasteiger partial charge >= 0.3 is 0 Å². The van der Waals surface area contributed by atoms with Gasteiger partial charge in [-0.3, -0.25) is 4.99 Å². The Morgan fingerprint density at radius 2 is 1.90 bits per heavy atom. The zero-order chi connectivity index (χ0) is 13.9. The summed E-state index contributed by atoms with van der Waals surface area (Å²) in [6.07, 6.45) is 5.16. The normalized spacial score (nSPS) is 9.95. The van der Waals surface area contributed by atoms with Gasteiger partial charge in [-0.1, -0.05) is 5.92 Å². The Labute approximate surface area is 137 Å². The molecule has 0 saturated heterocycles. The maximum atomic E-state index is 5.56. The number of hydrogen-bond acceptors (Lipinski definition) is 3. The van der Waals surface area contributed by atoms with Crippen LogP contribution < -0.4 is 20.1 Å². The fourth-order valence-corrected chi connectivity index (χ4v) is 1.37. The number of ether oxygens (including phenoxy) is 2. The molecule has 110 valence electrons. The molecule has 20 heavy (non-hydrogen) atoms. The van der Waals surface area contributed by atoms with Crippen molar-refractivity contribution in [2.45, 2.75) is 0 Å². The van der Waals surface area contributed by atoms with Crippen molar-refractivity contribution >= 4 is 29.9 Å². The summed E-state index contributed by atoms with van der Waals surface area (Å²) >= 11 is 0. The van der Waals surface area contributed by atoms with Crippen molar-refractivity contribution in [1.29, 1.82) is 0 Å². The lowest BCUT2D eigenvalue weighted by Crippen LogP contribution is -2.39. The number of guanidine groups is 1. The third-order valence-electron chi connectivity index (χ3n) is 2.30. The standard InChI is InChI=1S/C14H19N3O2.HI/c1-4-9-16-14(15-2)17-10-11-19-13-7-5-12(18-3)6-8-13;/h1,5-8H,9-11H2,2-3H3,(H2,15,16,17);1H. The lowest BCUT2D eigenvalue weighted by molar-refractivity contribution is 0.321.